The molecular weight excluding hydrogens is 471 g/mol. The number of amides is 1. The molecule has 0 radical (unpaired) electrons. The first-order valence-corrected chi connectivity index (χ1v) is 11.0. The third-order valence-electron chi connectivity index (χ3n) is 4.95. The van der Waals surface area contributed by atoms with E-state index >= 15 is 0 Å². The molecule has 0 bridgehead atoms. The van der Waals surface area contributed by atoms with Gasteiger partial charge in [-0.05, 0) is 44.2 Å². The summed E-state index contributed by atoms with van der Waals surface area (Å²) in [5, 5.41) is 16.6. The SMILES string of the molecule is Cc1cc(C=NNC(=O)c2cc3cc([N+](=O)[O-])ccc3s2)c(C)n1-c1cccc(Cl)c1Cl. The zero-order chi connectivity index (χ0) is 23.0. The van der Waals surface area contributed by atoms with Crippen molar-refractivity contribution in [2.45, 2.75) is 13.8 Å². The van der Waals surface area contributed by atoms with Crippen LogP contribution in [0.25, 0.3) is 15.8 Å². The summed E-state index contributed by atoms with van der Waals surface area (Å²) in [5.74, 6) is -0.392. The number of carbonyl (C=O) groups is 1. The summed E-state index contributed by atoms with van der Waals surface area (Å²) < 4.78 is 2.75. The number of halogens is 2. The van der Waals surface area contributed by atoms with E-state index in [1.165, 1.54) is 23.5 Å². The number of rotatable bonds is 5. The molecule has 0 aliphatic heterocycles. The van der Waals surface area contributed by atoms with Crippen LogP contribution >= 0.6 is 34.5 Å². The Balaban J connectivity index is 1.54. The number of fused-ring (bicyclic) bond motifs is 1. The average Bonchev–Trinajstić information content (AvgIpc) is 3.30. The largest absolute Gasteiger partial charge is 0.316 e. The van der Waals surface area contributed by atoms with Crippen LogP contribution in [0, 0.1) is 24.0 Å². The second-order valence-electron chi connectivity index (χ2n) is 7.02. The summed E-state index contributed by atoms with van der Waals surface area (Å²) in [7, 11) is 0. The molecule has 7 nitrogen and oxygen atoms in total. The summed E-state index contributed by atoms with van der Waals surface area (Å²) >= 11 is 13.8. The Labute approximate surface area is 197 Å². The number of aryl methyl sites for hydroxylation is 1. The van der Waals surface area contributed by atoms with Gasteiger partial charge in [0, 0.05) is 39.2 Å². The van der Waals surface area contributed by atoms with Crippen molar-refractivity contribution in [2.24, 2.45) is 5.10 Å². The van der Waals surface area contributed by atoms with Crippen LogP contribution in [0.15, 0.2) is 53.6 Å². The minimum absolute atomic E-state index is 0.0181. The van der Waals surface area contributed by atoms with Gasteiger partial charge in [-0.25, -0.2) is 5.43 Å². The minimum Gasteiger partial charge on any atom is -0.316 e. The number of carbonyl (C=O) groups excluding carboxylic acids is 1. The van der Waals surface area contributed by atoms with Gasteiger partial charge in [0.05, 0.1) is 31.7 Å². The van der Waals surface area contributed by atoms with Gasteiger partial charge in [0.2, 0.25) is 0 Å². The topological polar surface area (TPSA) is 89.5 Å². The normalized spacial score (nSPS) is 11.4. The lowest BCUT2D eigenvalue weighted by molar-refractivity contribution is -0.384. The molecule has 2 aromatic carbocycles. The van der Waals surface area contributed by atoms with Crippen molar-refractivity contribution in [2.75, 3.05) is 0 Å². The van der Waals surface area contributed by atoms with Crippen LogP contribution in [0.3, 0.4) is 0 Å². The standard InChI is InChI=1S/C22H16Cl2N4O3S/c1-12-8-15(13(2)27(12)18-5-3-4-17(23)21(18)24)11-25-26-22(29)20-10-14-9-16(28(30)31)6-7-19(14)32-20/h3-11H,1-2H3,(H,26,29). The van der Waals surface area contributed by atoms with Crippen molar-refractivity contribution < 1.29 is 9.72 Å². The van der Waals surface area contributed by atoms with E-state index in [1.807, 2.05) is 36.6 Å². The van der Waals surface area contributed by atoms with Crippen LogP contribution in [0.1, 0.15) is 26.6 Å². The molecule has 1 N–H and O–H groups in total. The Kier molecular flexibility index (Phi) is 6.01. The van der Waals surface area contributed by atoms with Crippen molar-refractivity contribution in [3.05, 3.63) is 90.5 Å². The summed E-state index contributed by atoms with van der Waals surface area (Å²) in [6.45, 7) is 3.86. The highest BCUT2D eigenvalue weighted by Gasteiger charge is 2.15. The van der Waals surface area contributed by atoms with Gasteiger partial charge in [-0.1, -0.05) is 29.3 Å². The predicted molar refractivity (Wildman–Crippen MR) is 129 cm³/mol. The summed E-state index contributed by atoms with van der Waals surface area (Å²) in [4.78, 5) is 23.4. The van der Waals surface area contributed by atoms with E-state index in [1.54, 1.807) is 24.4 Å². The number of aromatic nitrogens is 1. The first-order valence-electron chi connectivity index (χ1n) is 9.41. The molecule has 0 unspecified atom stereocenters. The smallest absolute Gasteiger partial charge is 0.281 e. The third-order valence-corrected chi connectivity index (χ3v) is 6.87. The van der Waals surface area contributed by atoms with E-state index in [0.717, 1.165) is 27.3 Å². The monoisotopic (exact) mass is 486 g/mol. The lowest BCUT2D eigenvalue weighted by atomic mass is 10.2. The first kappa shape index (κ1) is 22.0. The molecule has 4 aromatic rings. The lowest BCUT2D eigenvalue weighted by Crippen LogP contribution is -2.16. The van der Waals surface area contributed by atoms with Crippen molar-refractivity contribution in [1.29, 1.82) is 0 Å². The number of nitrogens with one attached hydrogen (secondary N) is 1. The van der Waals surface area contributed by atoms with Crippen molar-refractivity contribution in [3.8, 4) is 5.69 Å². The molecule has 1 amide bonds. The number of non-ortho nitro benzene ring substituents is 1. The third kappa shape index (κ3) is 4.12. The summed E-state index contributed by atoms with van der Waals surface area (Å²) in [5.41, 5.74) is 5.89. The molecule has 0 saturated heterocycles. The van der Waals surface area contributed by atoms with Gasteiger partial charge in [0.1, 0.15) is 0 Å². The van der Waals surface area contributed by atoms with Crippen molar-refractivity contribution >= 4 is 62.4 Å². The zero-order valence-corrected chi connectivity index (χ0v) is 19.3. The van der Waals surface area contributed by atoms with Crippen molar-refractivity contribution in [3.63, 3.8) is 0 Å². The zero-order valence-electron chi connectivity index (χ0n) is 16.9. The molecule has 0 fully saturated rings. The fraction of sp³-hybridized carbons (Fsp3) is 0.0909. The molecule has 4 rings (SSSR count). The number of hydrogen-bond acceptors (Lipinski definition) is 5. The fourth-order valence-corrected chi connectivity index (χ4v) is 4.74. The van der Waals surface area contributed by atoms with Crippen LogP contribution in [-0.2, 0) is 0 Å². The van der Waals surface area contributed by atoms with Crippen molar-refractivity contribution in [1.82, 2.24) is 9.99 Å². The van der Waals surface area contributed by atoms with Gasteiger partial charge >= 0.3 is 0 Å². The molecule has 0 saturated carbocycles. The molecule has 0 aliphatic rings. The highest BCUT2D eigenvalue weighted by Crippen LogP contribution is 2.31. The Morgan fingerprint density at radius 1 is 1.19 bits per heavy atom. The van der Waals surface area contributed by atoms with Gasteiger partial charge in [-0.15, -0.1) is 11.3 Å². The molecule has 162 valence electrons. The maximum atomic E-state index is 12.5. The van der Waals surface area contributed by atoms with Gasteiger partial charge in [-0.2, -0.15) is 5.10 Å². The van der Waals surface area contributed by atoms with Crippen LogP contribution in [0.4, 0.5) is 5.69 Å². The lowest BCUT2D eigenvalue weighted by Gasteiger charge is -2.12. The van der Waals surface area contributed by atoms with Crippen LogP contribution in [-0.4, -0.2) is 21.6 Å². The number of nitrogens with zero attached hydrogens (tertiary/aromatic N) is 3. The van der Waals surface area contributed by atoms with E-state index < -0.39 is 10.8 Å². The maximum absolute atomic E-state index is 12.5. The average molecular weight is 487 g/mol. The molecule has 0 aliphatic carbocycles. The number of hydrazone groups is 1. The molecule has 10 heteroatoms. The number of nitro groups is 1. The van der Waals surface area contributed by atoms with E-state index in [9.17, 15) is 14.9 Å². The number of thiophene rings is 1. The van der Waals surface area contributed by atoms with E-state index in [-0.39, 0.29) is 5.69 Å². The Morgan fingerprint density at radius 2 is 1.97 bits per heavy atom. The number of hydrogen-bond donors (Lipinski definition) is 1. The Bertz CT molecular complexity index is 1410. The predicted octanol–water partition coefficient (Wildman–Crippen LogP) is 6.29. The Hall–Kier alpha value is -3.20. The number of benzene rings is 2. The molecule has 0 spiro atoms. The minimum atomic E-state index is -0.464. The molecular formula is C22H16Cl2N4O3S. The van der Waals surface area contributed by atoms with E-state index in [2.05, 4.69) is 10.5 Å². The van der Waals surface area contributed by atoms with Crippen LogP contribution < -0.4 is 5.43 Å². The molecule has 0 atom stereocenters. The fourth-order valence-electron chi connectivity index (χ4n) is 3.43. The van der Waals surface area contributed by atoms with Gasteiger partial charge in [0.25, 0.3) is 11.6 Å². The number of nitro benzene ring substituents is 1. The summed E-state index contributed by atoms with van der Waals surface area (Å²) in [6, 6.07) is 13.5. The Morgan fingerprint density at radius 3 is 2.72 bits per heavy atom. The second-order valence-corrected chi connectivity index (χ2v) is 8.89. The van der Waals surface area contributed by atoms with Crippen LogP contribution in [0.5, 0.6) is 0 Å². The molecule has 2 heterocycles. The molecule has 2 aromatic heterocycles. The van der Waals surface area contributed by atoms with Crippen LogP contribution in [0.2, 0.25) is 10.0 Å². The van der Waals surface area contributed by atoms with E-state index in [0.29, 0.717) is 20.3 Å². The van der Waals surface area contributed by atoms with Gasteiger partial charge < -0.3 is 4.57 Å². The quantitative estimate of drug-likeness (QED) is 0.204. The molecule has 32 heavy (non-hydrogen) atoms. The van der Waals surface area contributed by atoms with Gasteiger partial charge in [-0.3, -0.25) is 14.9 Å². The summed E-state index contributed by atoms with van der Waals surface area (Å²) in [6.07, 6.45) is 1.56. The highest BCUT2D eigenvalue weighted by molar-refractivity contribution is 7.20. The van der Waals surface area contributed by atoms with E-state index in [4.69, 9.17) is 23.2 Å². The highest BCUT2D eigenvalue weighted by atomic mass is 35.5. The maximum Gasteiger partial charge on any atom is 0.281 e. The van der Waals surface area contributed by atoms with Gasteiger partial charge in [0.15, 0.2) is 0 Å². The first-order chi connectivity index (χ1) is 15.3. The second kappa shape index (κ2) is 8.74.